The van der Waals surface area contributed by atoms with Crippen LogP contribution in [0, 0.1) is 5.92 Å². The highest BCUT2D eigenvalue weighted by Crippen LogP contribution is 2.35. The lowest BCUT2D eigenvalue weighted by atomic mass is 9.80. The number of morpholine rings is 1. The molecule has 2 heterocycles. The van der Waals surface area contributed by atoms with E-state index in [1.165, 1.54) is 11.1 Å². The van der Waals surface area contributed by atoms with Crippen LogP contribution in [0.3, 0.4) is 0 Å². The Morgan fingerprint density at radius 3 is 2.61 bits per heavy atom. The van der Waals surface area contributed by atoms with Gasteiger partial charge in [-0.25, -0.2) is 0 Å². The van der Waals surface area contributed by atoms with Crippen molar-refractivity contribution in [3.63, 3.8) is 0 Å². The Kier molecular flexibility index (Phi) is 7.13. The summed E-state index contributed by atoms with van der Waals surface area (Å²) in [6.07, 6.45) is 5.34. The number of fused-ring (bicyclic) bond motifs is 2. The molecule has 1 fully saturated rings. The molecule has 1 atom stereocenters. The van der Waals surface area contributed by atoms with E-state index in [1.807, 2.05) is 11.0 Å². The molecule has 0 N–H and O–H groups in total. The van der Waals surface area contributed by atoms with Crippen LogP contribution in [0.2, 0.25) is 0 Å². The molecule has 1 aromatic rings. The van der Waals surface area contributed by atoms with Crippen LogP contribution in [0.4, 0.5) is 5.69 Å². The molecule has 4 rings (SSSR count). The van der Waals surface area contributed by atoms with Crippen LogP contribution in [-0.4, -0.2) is 56.0 Å². The van der Waals surface area contributed by atoms with Gasteiger partial charge in [0.2, 0.25) is 5.91 Å². The van der Waals surface area contributed by atoms with Crippen molar-refractivity contribution in [3.8, 4) is 0 Å². The van der Waals surface area contributed by atoms with Gasteiger partial charge in [-0.15, -0.1) is 12.4 Å². The monoisotopic (exact) mass is 406 g/mol. The maximum absolute atomic E-state index is 13.2. The summed E-state index contributed by atoms with van der Waals surface area (Å²) >= 11 is 0. The van der Waals surface area contributed by atoms with Gasteiger partial charge in [0.05, 0.1) is 13.2 Å². The number of carbonyl (C=O) groups excluding carboxylic acids is 2. The smallest absolute Gasteiger partial charge is 0.227 e. The minimum atomic E-state index is 0. The van der Waals surface area contributed by atoms with Crippen LogP contribution in [0.25, 0.3) is 0 Å². The van der Waals surface area contributed by atoms with Gasteiger partial charge in [0.25, 0.3) is 0 Å². The number of aryl methyl sites for hydroxylation is 2. The highest BCUT2D eigenvalue weighted by molar-refractivity contribution is 6.03. The van der Waals surface area contributed by atoms with Gasteiger partial charge in [-0.1, -0.05) is 19.4 Å². The number of Topliss-reactive ketones (excluding diaryl/α,β-unsaturated/α-hetero) is 1. The van der Waals surface area contributed by atoms with Crippen molar-refractivity contribution in [1.29, 1.82) is 0 Å². The fourth-order valence-corrected chi connectivity index (χ4v) is 4.59. The van der Waals surface area contributed by atoms with E-state index >= 15 is 0 Å². The van der Waals surface area contributed by atoms with Crippen molar-refractivity contribution < 1.29 is 14.3 Å². The Morgan fingerprint density at radius 1 is 1.07 bits per heavy atom. The van der Waals surface area contributed by atoms with Crippen LogP contribution < -0.4 is 4.90 Å². The van der Waals surface area contributed by atoms with Gasteiger partial charge in [-0.05, 0) is 42.9 Å². The standard InChI is InChI=1S/C22H30N2O3.ClH/c1-2-3-8-24-20-14-19-16(13-17(20)6-7-21(24)25)4-5-18(22(19)26)15-23-9-11-27-12-10-23;/h13-14,18H,2-12,15H2,1H3;1H. The Labute approximate surface area is 173 Å². The van der Waals surface area contributed by atoms with Crippen molar-refractivity contribution in [2.24, 2.45) is 5.92 Å². The van der Waals surface area contributed by atoms with Crippen LogP contribution in [-0.2, 0) is 22.4 Å². The summed E-state index contributed by atoms with van der Waals surface area (Å²) in [6, 6.07) is 4.24. The summed E-state index contributed by atoms with van der Waals surface area (Å²) in [4.78, 5) is 30.0. The van der Waals surface area contributed by atoms with E-state index in [1.54, 1.807) is 0 Å². The Hall–Kier alpha value is -1.43. The Bertz CT molecular complexity index is 731. The second kappa shape index (κ2) is 9.38. The molecule has 0 bridgehead atoms. The first kappa shape index (κ1) is 21.3. The van der Waals surface area contributed by atoms with Crippen LogP contribution in [0.15, 0.2) is 12.1 Å². The highest BCUT2D eigenvalue weighted by Gasteiger charge is 2.32. The first-order valence-corrected chi connectivity index (χ1v) is 10.5. The van der Waals surface area contributed by atoms with Gasteiger partial charge in [-0.2, -0.15) is 0 Å². The summed E-state index contributed by atoms with van der Waals surface area (Å²) in [6.45, 7) is 7.09. The fraction of sp³-hybridized carbons (Fsp3) is 0.636. The summed E-state index contributed by atoms with van der Waals surface area (Å²) in [5.41, 5.74) is 4.26. The number of carbonyl (C=O) groups is 2. The quantitative estimate of drug-likeness (QED) is 0.753. The lowest BCUT2D eigenvalue weighted by molar-refractivity contribution is -0.118. The molecule has 154 valence electrons. The number of halogens is 1. The molecule has 1 aliphatic carbocycles. The molecule has 6 heteroatoms. The van der Waals surface area contributed by atoms with E-state index in [-0.39, 0.29) is 30.0 Å². The van der Waals surface area contributed by atoms with E-state index < -0.39 is 0 Å². The van der Waals surface area contributed by atoms with Crippen molar-refractivity contribution in [2.75, 3.05) is 44.3 Å². The molecule has 0 radical (unpaired) electrons. The molecule has 1 unspecified atom stereocenters. The molecule has 1 aromatic carbocycles. The van der Waals surface area contributed by atoms with Crippen molar-refractivity contribution >= 4 is 29.8 Å². The average molecular weight is 407 g/mol. The minimum absolute atomic E-state index is 0. The largest absolute Gasteiger partial charge is 0.379 e. The third kappa shape index (κ3) is 4.27. The zero-order chi connectivity index (χ0) is 18.8. The Morgan fingerprint density at radius 2 is 1.86 bits per heavy atom. The lowest BCUT2D eigenvalue weighted by Gasteiger charge is -2.34. The normalized spacial score (nSPS) is 22.5. The predicted molar refractivity (Wildman–Crippen MR) is 113 cm³/mol. The minimum Gasteiger partial charge on any atom is -0.379 e. The first-order valence-electron chi connectivity index (χ1n) is 10.5. The van der Waals surface area contributed by atoms with Crippen LogP contribution in [0.5, 0.6) is 0 Å². The SMILES string of the molecule is CCCCN1C(=O)CCc2cc3c(cc21)C(=O)C(CN1CCOCC1)CC3.Cl. The number of rotatable bonds is 5. The van der Waals surface area contributed by atoms with Gasteiger partial charge in [0.1, 0.15) is 0 Å². The molecule has 0 aromatic heterocycles. The summed E-state index contributed by atoms with van der Waals surface area (Å²) in [7, 11) is 0. The fourth-order valence-electron chi connectivity index (χ4n) is 4.59. The molecule has 0 saturated carbocycles. The molecule has 1 amide bonds. The number of unbranched alkanes of at least 4 members (excludes halogenated alkanes) is 1. The number of ether oxygens (including phenoxy) is 1. The maximum atomic E-state index is 13.2. The van der Waals surface area contributed by atoms with E-state index in [0.29, 0.717) is 6.42 Å². The molecule has 28 heavy (non-hydrogen) atoms. The first-order chi connectivity index (χ1) is 13.2. The van der Waals surface area contributed by atoms with E-state index in [0.717, 1.165) is 82.7 Å². The van der Waals surface area contributed by atoms with Crippen LogP contribution in [0.1, 0.15) is 54.1 Å². The topological polar surface area (TPSA) is 49.9 Å². The predicted octanol–water partition coefficient (Wildman–Crippen LogP) is 3.27. The van der Waals surface area contributed by atoms with Gasteiger partial charge in [0, 0.05) is 49.8 Å². The molecule has 2 aliphatic heterocycles. The number of anilines is 1. The second-order valence-electron chi connectivity index (χ2n) is 8.05. The van der Waals surface area contributed by atoms with Gasteiger partial charge in [0.15, 0.2) is 5.78 Å². The third-order valence-electron chi connectivity index (χ3n) is 6.22. The number of hydrogen-bond acceptors (Lipinski definition) is 4. The number of nitrogens with zero attached hydrogens (tertiary/aromatic N) is 2. The molecule has 3 aliphatic rings. The van der Waals surface area contributed by atoms with E-state index in [4.69, 9.17) is 4.74 Å². The van der Waals surface area contributed by atoms with Gasteiger partial charge >= 0.3 is 0 Å². The molecule has 0 spiro atoms. The molecular formula is C22H31ClN2O3. The summed E-state index contributed by atoms with van der Waals surface area (Å²) in [5, 5.41) is 0. The maximum Gasteiger partial charge on any atom is 0.227 e. The van der Waals surface area contributed by atoms with E-state index in [2.05, 4.69) is 17.9 Å². The van der Waals surface area contributed by atoms with Crippen molar-refractivity contribution in [1.82, 2.24) is 4.90 Å². The molecular weight excluding hydrogens is 376 g/mol. The Balaban J connectivity index is 0.00000225. The van der Waals surface area contributed by atoms with Crippen LogP contribution >= 0.6 is 12.4 Å². The zero-order valence-corrected chi connectivity index (χ0v) is 17.6. The average Bonchev–Trinajstić information content (AvgIpc) is 2.69. The van der Waals surface area contributed by atoms with Crippen molar-refractivity contribution in [3.05, 3.63) is 28.8 Å². The third-order valence-corrected chi connectivity index (χ3v) is 6.22. The number of amides is 1. The van der Waals surface area contributed by atoms with Crippen molar-refractivity contribution in [2.45, 2.75) is 45.4 Å². The lowest BCUT2D eigenvalue weighted by Crippen LogP contribution is -2.42. The number of benzene rings is 1. The molecule has 1 saturated heterocycles. The summed E-state index contributed by atoms with van der Waals surface area (Å²) in [5.74, 6) is 0.528. The molecule has 5 nitrogen and oxygen atoms in total. The zero-order valence-electron chi connectivity index (χ0n) is 16.7. The van der Waals surface area contributed by atoms with Gasteiger partial charge in [-0.3, -0.25) is 14.5 Å². The second-order valence-corrected chi connectivity index (χ2v) is 8.05. The number of ketones is 1. The highest BCUT2D eigenvalue weighted by atomic mass is 35.5. The number of hydrogen-bond donors (Lipinski definition) is 0. The van der Waals surface area contributed by atoms with E-state index in [9.17, 15) is 9.59 Å². The van der Waals surface area contributed by atoms with Gasteiger partial charge < -0.3 is 9.64 Å². The summed E-state index contributed by atoms with van der Waals surface area (Å²) < 4.78 is 5.42.